The summed E-state index contributed by atoms with van der Waals surface area (Å²) in [5.74, 6) is -0.853. The van der Waals surface area contributed by atoms with Gasteiger partial charge in [0.25, 0.3) is 0 Å². The Hall–Kier alpha value is -2.36. The summed E-state index contributed by atoms with van der Waals surface area (Å²) in [7, 11) is -4.44. The number of benzene rings is 1. The maximum atomic E-state index is 13.8. The van der Waals surface area contributed by atoms with E-state index in [1.54, 1.807) is 0 Å². The number of sulfone groups is 1. The SMILES string of the molecule is Cl.N#CC1(NC(=O)[C@@H]2C[C@@H](S(=O)(=O)c3ccc(N4CCCC4=O)cc3C(F)(F)F)CN2)CC1. The molecule has 0 aromatic heterocycles. The highest BCUT2D eigenvalue weighted by Crippen LogP contribution is 2.40. The van der Waals surface area contributed by atoms with Crippen LogP contribution in [0.1, 0.15) is 37.7 Å². The minimum absolute atomic E-state index is 0. The molecular weight excluding hydrogens is 485 g/mol. The molecule has 2 amide bonds. The molecule has 2 heterocycles. The number of nitrogens with one attached hydrogen (secondary N) is 2. The molecule has 180 valence electrons. The fourth-order valence-corrected chi connectivity index (χ4v) is 5.97. The molecule has 1 aromatic carbocycles. The summed E-state index contributed by atoms with van der Waals surface area (Å²) in [4.78, 5) is 24.6. The lowest BCUT2D eigenvalue weighted by Crippen LogP contribution is -2.45. The van der Waals surface area contributed by atoms with Gasteiger partial charge in [-0.05, 0) is 43.9 Å². The van der Waals surface area contributed by atoms with Crippen LogP contribution >= 0.6 is 12.4 Å². The van der Waals surface area contributed by atoms with Gasteiger partial charge in [-0.3, -0.25) is 9.59 Å². The number of rotatable bonds is 5. The third-order valence-electron chi connectivity index (χ3n) is 6.13. The highest BCUT2D eigenvalue weighted by atomic mass is 35.5. The summed E-state index contributed by atoms with van der Waals surface area (Å²) < 4.78 is 67.6. The Morgan fingerprint density at radius 2 is 2.00 bits per heavy atom. The second-order valence-corrected chi connectivity index (χ2v) is 10.6. The number of carbonyl (C=O) groups excluding carboxylic acids is 2. The lowest BCUT2D eigenvalue weighted by Gasteiger charge is -2.21. The Kier molecular flexibility index (Phi) is 6.72. The van der Waals surface area contributed by atoms with Crippen molar-refractivity contribution in [1.82, 2.24) is 10.6 Å². The number of hydrogen-bond acceptors (Lipinski definition) is 6. The van der Waals surface area contributed by atoms with Crippen molar-refractivity contribution < 1.29 is 31.2 Å². The zero-order valence-electron chi connectivity index (χ0n) is 17.3. The molecule has 2 N–H and O–H groups in total. The molecule has 1 aromatic rings. The molecule has 2 saturated heterocycles. The van der Waals surface area contributed by atoms with E-state index in [4.69, 9.17) is 5.26 Å². The van der Waals surface area contributed by atoms with Crippen molar-refractivity contribution >= 4 is 39.7 Å². The van der Waals surface area contributed by atoms with Crippen molar-refractivity contribution in [1.29, 1.82) is 5.26 Å². The van der Waals surface area contributed by atoms with Gasteiger partial charge in [0.2, 0.25) is 11.8 Å². The normalized spacial score (nSPS) is 24.2. The zero-order chi connectivity index (χ0) is 23.3. The molecule has 3 fully saturated rings. The first-order chi connectivity index (χ1) is 15.0. The van der Waals surface area contributed by atoms with Crippen molar-refractivity contribution in [3.05, 3.63) is 23.8 Å². The second-order valence-electron chi connectivity index (χ2n) is 8.37. The molecule has 1 aliphatic carbocycles. The number of hydrogen-bond donors (Lipinski definition) is 2. The zero-order valence-corrected chi connectivity index (χ0v) is 18.9. The van der Waals surface area contributed by atoms with E-state index in [1.807, 2.05) is 6.07 Å². The first-order valence-corrected chi connectivity index (χ1v) is 11.7. The molecule has 4 rings (SSSR count). The second kappa shape index (κ2) is 8.77. The van der Waals surface area contributed by atoms with E-state index in [1.165, 1.54) is 11.0 Å². The Bertz CT molecular complexity index is 1120. The maximum absolute atomic E-state index is 13.8. The molecule has 3 aliphatic rings. The predicted octanol–water partition coefficient (Wildman–Crippen LogP) is 1.93. The fourth-order valence-electron chi connectivity index (χ4n) is 4.11. The average molecular weight is 507 g/mol. The van der Waals surface area contributed by atoms with Crippen LogP contribution in [-0.2, 0) is 25.6 Å². The molecule has 8 nitrogen and oxygen atoms in total. The quantitative estimate of drug-likeness (QED) is 0.630. The molecule has 13 heteroatoms. The summed E-state index contributed by atoms with van der Waals surface area (Å²) in [6.45, 7) is 0.0827. The molecule has 1 saturated carbocycles. The van der Waals surface area contributed by atoms with Crippen molar-refractivity contribution in [2.45, 2.75) is 60.0 Å². The third kappa shape index (κ3) is 4.81. The van der Waals surface area contributed by atoms with Crippen molar-refractivity contribution in [3.63, 3.8) is 0 Å². The highest BCUT2D eigenvalue weighted by Gasteiger charge is 2.48. The molecule has 2 atom stereocenters. The van der Waals surface area contributed by atoms with E-state index in [0.29, 0.717) is 25.3 Å². The van der Waals surface area contributed by atoms with Crippen LogP contribution in [0.3, 0.4) is 0 Å². The van der Waals surface area contributed by atoms with Gasteiger partial charge in [-0.15, -0.1) is 12.4 Å². The summed E-state index contributed by atoms with van der Waals surface area (Å²) in [5.41, 5.74) is -2.25. The third-order valence-corrected chi connectivity index (χ3v) is 8.34. The summed E-state index contributed by atoms with van der Waals surface area (Å²) in [6.07, 6.45) is -3.40. The maximum Gasteiger partial charge on any atom is 0.417 e. The number of anilines is 1. The number of amides is 2. The number of nitriles is 1. The number of halogens is 4. The lowest BCUT2D eigenvalue weighted by atomic mass is 10.1. The molecule has 0 unspecified atom stereocenters. The van der Waals surface area contributed by atoms with E-state index >= 15 is 0 Å². The molecule has 33 heavy (non-hydrogen) atoms. The minimum atomic E-state index is -4.95. The van der Waals surface area contributed by atoms with Crippen LogP contribution in [0, 0.1) is 11.3 Å². The van der Waals surface area contributed by atoms with Crippen LogP contribution in [-0.4, -0.2) is 50.2 Å². The highest BCUT2D eigenvalue weighted by molar-refractivity contribution is 7.92. The largest absolute Gasteiger partial charge is 0.417 e. The Balaban J connectivity index is 0.00000306. The monoisotopic (exact) mass is 506 g/mol. The van der Waals surface area contributed by atoms with E-state index in [9.17, 15) is 31.2 Å². The van der Waals surface area contributed by atoms with Crippen LogP contribution in [0.2, 0.25) is 0 Å². The van der Waals surface area contributed by atoms with Crippen molar-refractivity contribution in [3.8, 4) is 6.07 Å². The van der Waals surface area contributed by atoms with Crippen LogP contribution in [0.4, 0.5) is 18.9 Å². The summed E-state index contributed by atoms with van der Waals surface area (Å²) in [5, 5.41) is 13.2. The Labute approximate surface area is 194 Å². The topological polar surface area (TPSA) is 119 Å². The van der Waals surface area contributed by atoms with Gasteiger partial charge in [0, 0.05) is 25.2 Å². The predicted molar refractivity (Wildman–Crippen MR) is 113 cm³/mol. The number of alkyl halides is 3. The van der Waals surface area contributed by atoms with Gasteiger partial charge in [0.15, 0.2) is 9.84 Å². The molecular formula is C20H22ClF3N4O4S. The smallest absolute Gasteiger partial charge is 0.336 e. The van der Waals surface area contributed by atoms with Gasteiger partial charge in [-0.1, -0.05) is 0 Å². The van der Waals surface area contributed by atoms with Gasteiger partial charge >= 0.3 is 6.18 Å². The summed E-state index contributed by atoms with van der Waals surface area (Å²) >= 11 is 0. The molecule has 0 bridgehead atoms. The standard InChI is InChI=1S/C20H21F3N4O4S.ClH/c21-20(22,23)14-8-12(27-7-1-2-17(27)28)3-4-16(14)32(30,31)13-9-15(25-10-13)18(29)26-19(11-24)5-6-19;/h3-4,8,13,15,25H,1-2,5-7,9-10H2,(H,26,29);1H/t13-,15+;/m1./s1. The minimum Gasteiger partial charge on any atom is -0.336 e. The van der Waals surface area contributed by atoms with Crippen molar-refractivity contribution in [2.75, 3.05) is 18.0 Å². The van der Waals surface area contributed by atoms with E-state index in [-0.39, 0.29) is 49.9 Å². The van der Waals surface area contributed by atoms with Gasteiger partial charge in [0.05, 0.1) is 27.8 Å². The van der Waals surface area contributed by atoms with Crippen molar-refractivity contribution in [2.24, 2.45) is 0 Å². The summed E-state index contributed by atoms with van der Waals surface area (Å²) in [6, 6.07) is 3.88. The molecule has 0 spiro atoms. The Morgan fingerprint density at radius 3 is 2.55 bits per heavy atom. The van der Waals surface area contributed by atoms with Crippen LogP contribution in [0.15, 0.2) is 23.1 Å². The fraction of sp³-hybridized carbons (Fsp3) is 0.550. The van der Waals surface area contributed by atoms with E-state index in [0.717, 1.165) is 6.07 Å². The molecule has 2 aliphatic heterocycles. The molecule has 0 radical (unpaired) electrons. The van der Waals surface area contributed by atoms with Gasteiger partial charge in [-0.2, -0.15) is 18.4 Å². The van der Waals surface area contributed by atoms with Crippen LogP contribution < -0.4 is 15.5 Å². The Morgan fingerprint density at radius 1 is 1.30 bits per heavy atom. The number of nitrogens with zero attached hydrogens (tertiary/aromatic N) is 2. The van der Waals surface area contributed by atoms with Gasteiger partial charge in [0.1, 0.15) is 5.54 Å². The average Bonchev–Trinajstić information content (AvgIpc) is 3.13. The van der Waals surface area contributed by atoms with Crippen LogP contribution in [0.5, 0.6) is 0 Å². The van der Waals surface area contributed by atoms with Crippen LogP contribution in [0.25, 0.3) is 0 Å². The van der Waals surface area contributed by atoms with E-state index < -0.39 is 49.2 Å². The first kappa shape index (κ1) is 25.3. The number of carbonyl (C=O) groups is 2. The van der Waals surface area contributed by atoms with Gasteiger partial charge in [-0.25, -0.2) is 8.42 Å². The van der Waals surface area contributed by atoms with Gasteiger partial charge < -0.3 is 15.5 Å². The van der Waals surface area contributed by atoms with E-state index in [2.05, 4.69) is 10.6 Å². The lowest BCUT2D eigenvalue weighted by molar-refractivity contribution is -0.140. The first-order valence-electron chi connectivity index (χ1n) is 10.2.